The fourth-order valence-corrected chi connectivity index (χ4v) is 3.00. The number of pyridine rings is 1. The van der Waals surface area contributed by atoms with Crippen LogP contribution in [0.2, 0.25) is 0 Å². The van der Waals surface area contributed by atoms with Gasteiger partial charge in [-0.15, -0.1) is 0 Å². The average molecular weight is 315 g/mol. The predicted molar refractivity (Wildman–Crippen MR) is 86.2 cm³/mol. The van der Waals surface area contributed by atoms with Gasteiger partial charge in [0.25, 0.3) is 5.56 Å². The average Bonchev–Trinajstić information content (AvgIpc) is 2.45. The Balaban J connectivity index is 2.21. The number of ether oxygens (including phenoxy) is 1. The molecule has 3 aromatic rings. The minimum absolute atomic E-state index is 0.191. The molecule has 0 aliphatic rings. The number of anilines is 1. The second-order valence-corrected chi connectivity index (χ2v) is 6.07. The Labute approximate surface area is 129 Å². The summed E-state index contributed by atoms with van der Waals surface area (Å²) in [6.45, 7) is 3.58. The van der Waals surface area contributed by atoms with E-state index in [4.69, 9.17) is 10.5 Å². The molecule has 0 bridgehead atoms. The smallest absolute Gasteiger partial charge is 0.338 e. The molecule has 112 valence electrons. The van der Waals surface area contributed by atoms with Gasteiger partial charge in [0.1, 0.15) is 0 Å². The van der Waals surface area contributed by atoms with Gasteiger partial charge < -0.3 is 10.5 Å². The summed E-state index contributed by atoms with van der Waals surface area (Å²) in [5, 5.41) is 1.38. The fourth-order valence-electron chi connectivity index (χ4n) is 2.13. The number of esters is 1. The van der Waals surface area contributed by atoms with E-state index in [9.17, 15) is 9.59 Å². The molecule has 0 amide bonds. The molecule has 0 radical (unpaired) electrons. The van der Waals surface area contributed by atoms with E-state index in [0.717, 1.165) is 5.39 Å². The number of hydrogen-bond acceptors (Lipinski definition) is 7. The molecule has 0 fully saturated rings. The lowest BCUT2D eigenvalue weighted by Crippen LogP contribution is -2.11. The van der Waals surface area contributed by atoms with Gasteiger partial charge in [-0.05, 0) is 26.0 Å². The van der Waals surface area contributed by atoms with Gasteiger partial charge in [0, 0.05) is 11.6 Å². The number of carbonyl (C=O) groups excluding carboxylic acids is 1. The Morgan fingerprint density at radius 1 is 1.32 bits per heavy atom. The normalized spacial score (nSPS) is 11.2. The lowest BCUT2D eigenvalue weighted by atomic mass is 10.1. The standard InChI is InChI=1S/C15H13N3O3S/c1-7(2)21-14(20)8-3-4-9-11(5-8)17-6-10-12(9)22-15(16)18-13(10)19/h3-7H,1-2H3,(H2,16,18,19). The summed E-state index contributed by atoms with van der Waals surface area (Å²) in [6, 6.07) is 5.05. The highest BCUT2D eigenvalue weighted by Crippen LogP contribution is 2.27. The van der Waals surface area contributed by atoms with Crippen molar-refractivity contribution < 1.29 is 9.53 Å². The molecule has 0 aliphatic heterocycles. The monoisotopic (exact) mass is 315 g/mol. The van der Waals surface area contributed by atoms with Gasteiger partial charge in [0.05, 0.1) is 27.3 Å². The molecule has 2 N–H and O–H groups in total. The molecule has 0 saturated heterocycles. The first-order chi connectivity index (χ1) is 10.5. The van der Waals surface area contributed by atoms with E-state index in [1.807, 2.05) is 0 Å². The third kappa shape index (κ3) is 2.50. The summed E-state index contributed by atoms with van der Waals surface area (Å²) in [6.07, 6.45) is 1.27. The van der Waals surface area contributed by atoms with Crippen LogP contribution >= 0.6 is 11.3 Å². The van der Waals surface area contributed by atoms with Crippen molar-refractivity contribution in [2.24, 2.45) is 0 Å². The molecule has 0 spiro atoms. The van der Waals surface area contributed by atoms with E-state index in [1.54, 1.807) is 32.0 Å². The van der Waals surface area contributed by atoms with E-state index >= 15 is 0 Å². The Kier molecular flexibility index (Phi) is 3.50. The first kappa shape index (κ1) is 14.4. The number of aromatic nitrogens is 2. The van der Waals surface area contributed by atoms with Crippen LogP contribution in [0, 0.1) is 0 Å². The van der Waals surface area contributed by atoms with Crippen LogP contribution in [0.3, 0.4) is 0 Å². The van der Waals surface area contributed by atoms with Gasteiger partial charge in [-0.1, -0.05) is 17.4 Å². The van der Waals surface area contributed by atoms with Crippen LogP contribution in [-0.4, -0.2) is 22.0 Å². The van der Waals surface area contributed by atoms with E-state index in [0.29, 0.717) is 21.2 Å². The Hall–Kier alpha value is -2.54. The second kappa shape index (κ2) is 5.34. The number of benzene rings is 1. The van der Waals surface area contributed by atoms with Gasteiger partial charge in [-0.3, -0.25) is 9.78 Å². The first-order valence-electron chi connectivity index (χ1n) is 6.66. The maximum Gasteiger partial charge on any atom is 0.338 e. The van der Waals surface area contributed by atoms with Crippen LogP contribution < -0.4 is 11.3 Å². The van der Waals surface area contributed by atoms with Crippen molar-refractivity contribution in [3.63, 3.8) is 0 Å². The van der Waals surface area contributed by atoms with E-state index in [1.165, 1.54) is 17.5 Å². The first-order valence-corrected chi connectivity index (χ1v) is 7.47. The maximum atomic E-state index is 11.9. The molecule has 2 heterocycles. The highest BCUT2D eigenvalue weighted by Gasteiger charge is 2.13. The molecule has 0 unspecified atom stereocenters. The van der Waals surface area contributed by atoms with Crippen molar-refractivity contribution >= 4 is 43.4 Å². The van der Waals surface area contributed by atoms with Crippen LogP contribution in [0.4, 0.5) is 5.13 Å². The lowest BCUT2D eigenvalue weighted by Gasteiger charge is -2.08. The Morgan fingerprint density at radius 3 is 2.82 bits per heavy atom. The SMILES string of the molecule is CC(C)OC(=O)c1ccc2c(c1)ncc1c(=O)nc(N)sc12. The number of fused-ring (bicyclic) bond motifs is 3. The maximum absolute atomic E-state index is 11.9. The Morgan fingerprint density at radius 2 is 2.09 bits per heavy atom. The van der Waals surface area contributed by atoms with E-state index < -0.39 is 11.5 Å². The second-order valence-electron chi connectivity index (χ2n) is 5.04. The zero-order valence-corrected chi connectivity index (χ0v) is 12.8. The molecule has 0 atom stereocenters. The fraction of sp³-hybridized carbons (Fsp3) is 0.200. The van der Waals surface area contributed by atoms with Gasteiger partial charge in [-0.25, -0.2) is 4.79 Å². The third-order valence-corrected chi connectivity index (χ3v) is 3.99. The summed E-state index contributed by atoms with van der Waals surface area (Å²) in [7, 11) is 0. The van der Waals surface area contributed by atoms with Crippen molar-refractivity contribution in [2.45, 2.75) is 20.0 Å². The summed E-state index contributed by atoms with van der Waals surface area (Å²) >= 11 is 1.22. The molecule has 0 aliphatic carbocycles. The van der Waals surface area contributed by atoms with Crippen molar-refractivity contribution in [1.82, 2.24) is 9.97 Å². The van der Waals surface area contributed by atoms with E-state index in [2.05, 4.69) is 9.97 Å². The number of nitrogens with two attached hydrogens (primary N) is 1. The van der Waals surface area contributed by atoms with Crippen molar-refractivity contribution in [3.05, 3.63) is 40.3 Å². The van der Waals surface area contributed by atoms with Gasteiger partial charge in [0.15, 0.2) is 5.13 Å². The van der Waals surface area contributed by atoms with E-state index in [-0.39, 0.29) is 11.2 Å². The van der Waals surface area contributed by atoms with Crippen molar-refractivity contribution in [2.75, 3.05) is 5.73 Å². The number of rotatable bonds is 2. The topological polar surface area (TPSA) is 95.2 Å². The molecule has 22 heavy (non-hydrogen) atoms. The van der Waals surface area contributed by atoms with Gasteiger partial charge in [-0.2, -0.15) is 4.98 Å². The molecular formula is C15H13N3O3S. The summed E-state index contributed by atoms with van der Waals surface area (Å²) in [5.74, 6) is -0.402. The zero-order valence-electron chi connectivity index (χ0n) is 12.0. The minimum Gasteiger partial charge on any atom is -0.459 e. The lowest BCUT2D eigenvalue weighted by molar-refractivity contribution is 0.0378. The molecule has 0 saturated carbocycles. The highest BCUT2D eigenvalue weighted by molar-refractivity contribution is 7.22. The number of hydrogen-bond donors (Lipinski definition) is 1. The Bertz CT molecular complexity index is 950. The molecular weight excluding hydrogens is 302 g/mol. The van der Waals surface area contributed by atoms with Crippen molar-refractivity contribution in [3.8, 4) is 0 Å². The number of nitrogen functional groups attached to an aromatic ring is 1. The summed E-state index contributed by atoms with van der Waals surface area (Å²) in [5.41, 5.74) is 6.29. The summed E-state index contributed by atoms with van der Waals surface area (Å²) in [4.78, 5) is 31.7. The largest absolute Gasteiger partial charge is 0.459 e. The van der Waals surface area contributed by atoms with Crippen LogP contribution in [0.1, 0.15) is 24.2 Å². The predicted octanol–water partition coefficient (Wildman–Crippen LogP) is 2.35. The quantitative estimate of drug-likeness (QED) is 0.576. The number of carbonyl (C=O) groups is 1. The minimum atomic E-state index is -0.402. The van der Waals surface area contributed by atoms with Crippen molar-refractivity contribution in [1.29, 1.82) is 0 Å². The molecule has 6 nitrogen and oxygen atoms in total. The summed E-state index contributed by atoms with van der Waals surface area (Å²) < 4.78 is 5.88. The van der Waals surface area contributed by atoms with Gasteiger partial charge in [0.2, 0.25) is 0 Å². The molecule has 1 aromatic carbocycles. The number of nitrogens with zero attached hydrogens (tertiary/aromatic N) is 2. The van der Waals surface area contributed by atoms with Crippen LogP contribution in [0.25, 0.3) is 21.0 Å². The third-order valence-electron chi connectivity index (χ3n) is 3.05. The zero-order chi connectivity index (χ0) is 15.9. The van der Waals surface area contributed by atoms with Crippen LogP contribution in [0.15, 0.2) is 29.2 Å². The highest BCUT2D eigenvalue weighted by atomic mass is 32.1. The molecule has 7 heteroatoms. The molecule has 2 aromatic heterocycles. The van der Waals surface area contributed by atoms with Crippen LogP contribution in [0.5, 0.6) is 0 Å². The van der Waals surface area contributed by atoms with Crippen LogP contribution in [-0.2, 0) is 4.74 Å². The molecule has 3 rings (SSSR count). The van der Waals surface area contributed by atoms with Gasteiger partial charge >= 0.3 is 5.97 Å².